The first kappa shape index (κ1) is 25.4. The standard InChI is InChI=1S/C24H27NO8S/c1-24(2,3)33-19(26)14-18(22(27)28)25-20(21(23(29)32-4)34(25,30)31)17-12-10-16(11-13-17)15-8-6-5-7-9-15/h5-13,18,20-21H,14H2,1-4H3,(H,27,28)/t18-,20?,21?/m0/s1. The smallest absolute Gasteiger partial charge is 0.327 e. The Bertz CT molecular complexity index is 1170. The van der Waals surface area contributed by atoms with Crippen molar-refractivity contribution in [1.82, 2.24) is 4.31 Å². The van der Waals surface area contributed by atoms with Crippen LogP contribution in [0.1, 0.15) is 38.8 Å². The molecule has 34 heavy (non-hydrogen) atoms. The van der Waals surface area contributed by atoms with E-state index in [4.69, 9.17) is 4.74 Å². The minimum atomic E-state index is -4.40. The molecule has 0 saturated carbocycles. The fourth-order valence-corrected chi connectivity index (χ4v) is 6.01. The quantitative estimate of drug-likeness (QED) is 0.588. The van der Waals surface area contributed by atoms with Gasteiger partial charge in [0, 0.05) is 0 Å². The molecule has 10 heteroatoms. The van der Waals surface area contributed by atoms with Crippen LogP contribution in [0.15, 0.2) is 54.6 Å². The number of methoxy groups -OCH3 is 1. The SMILES string of the molecule is COC(=O)C1C(c2ccc(-c3ccccc3)cc2)N([C@@H](CC(=O)OC(C)(C)C)C(=O)O)S1(=O)=O. The number of carboxylic acids is 1. The van der Waals surface area contributed by atoms with Crippen molar-refractivity contribution in [2.75, 3.05) is 7.11 Å². The summed E-state index contributed by atoms with van der Waals surface area (Å²) in [6, 6.07) is 13.3. The molecule has 9 nitrogen and oxygen atoms in total. The molecule has 2 aromatic rings. The maximum atomic E-state index is 13.0. The first-order valence-corrected chi connectivity index (χ1v) is 12.1. The molecule has 1 N–H and O–H groups in total. The molecule has 1 aliphatic heterocycles. The highest BCUT2D eigenvalue weighted by atomic mass is 32.2. The molecule has 0 radical (unpaired) electrons. The Morgan fingerprint density at radius 3 is 2.06 bits per heavy atom. The van der Waals surface area contributed by atoms with E-state index in [1.54, 1.807) is 45.0 Å². The number of esters is 2. The first-order valence-electron chi connectivity index (χ1n) is 10.6. The minimum absolute atomic E-state index is 0.403. The van der Waals surface area contributed by atoms with E-state index in [9.17, 15) is 27.9 Å². The number of nitrogens with zero attached hydrogens (tertiary/aromatic N) is 1. The topological polar surface area (TPSA) is 127 Å². The van der Waals surface area contributed by atoms with Crippen LogP contribution in [0, 0.1) is 0 Å². The highest BCUT2D eigenvalue weighted by molar-refractivity contribution is 7.92. The summed E-state index contributed by atoms with van der Waals surface area (Å²) in [5.41, 5.74) is 1.32. The molecule has 1 aliphatic rings. The van der Waals surface area contributed by atoms with Crippen molar-refractivity contribution < 1.29 is 37.4 Å². The van der Waals surface area contributed by atoms with Gasteiger partial charge in [0.15, 0.2) is 5.25 Å². The van der Waals surface area contributed by atoms with Gasteiger partial charge in [-0.05, 0) is 37.5 Å². The zero-order valence-electron chi connectivity index (χ0n) is 19.3. The lowest BCUT2D eigenvalue weighted by Crippen LogP contribution is -2.66. The number of rotatable bonds is 7. The van der Waals surface area contributed by atoms with Gasteiger partial charge in [0.05, 0.1) is 19.6 Å². The van der Waals surface area contributed by atoms with Crippen molar-refractivity contribution in [3.63, 3.8) is 0 Å². The number of benzene rings is 2. The van der Waals surface area contributed by atoms with Crippen molar-refractivity contribution >= 4 is 27.9 Å². The fourth-order valence-electron chi connectivity index (χ4n) is 3.91. The third kappa shape index (κ3) is 5.13. The summed E-state index contributed by atoms with van der Waals surface area (Å²) in [7, 11) is -3.34. The minimum Gasteiger partial charge on any atom is -0.480 e. The molecular formula is C24H27NO8S. The molecule has 2 unspecified atom stereocenters. The van der Waals surface area contributed by atoms with Crippen molar-refractivity contribution in [2.24, 2.45) is 0 Å². The summed E-state index contributed by atoms with van der Waals surface area (Å²) in [5.74, 6) is -3.40. The molecule has 0 bridgehead atoms. The third-order valence-corrected chi connectivity index (χ3v) is 7.50. The summed E-state index contributed by atoms with van der Waals surface area (Å²) in [4.78, 5) is 36.8. The summed E-state index contributed by atoms with van der Waals surface area (Å²) in [6.45, 7) is 4.85. The Morgan fingerprint density at radius 2 is 1.56 bits per heavy atom. The van der Waals surface area contributed by atoms with Gasteiger partial charge in [-0.15, -0.1) is 0 Å². The van der Waals surface area contributed by atoms with Crippen LogP contribution in [0.25, 0.3) is 11.1 Å². The average Bonchev–Trinajstić information content (AvgIpc) is 2.76. The third-order valence-electron chi connectivity index (χ3n) is 5.34. The molecule has 2 aromatic carbocycles. The number of carbonyl (C=O) groups is 3. The lowest BCUT2D eigenvalue weighted by Gasteiger charge is -2.47. The summed E-state index contributed by atoms with van der Waals surface area (Å²) in [5, 5.41) is 8.17. The van der Waals surface area contributed by atoms with Crippen molar-refractivity contribution in [3.8, 4) is 11.1 Å². The second-order valence-corrected chi connectivity index (χ2v) is 10.9. The van der Waals surface area contributed by atoms with Gasteiger partial charge in [0.1, 0.15) is 11.6 Å². The van der Waals surface area contributed by atoms with Crippen LogP contribution in [0.2, 0.25) is 0 Å². The monoisotopic (exact) mass is 489 g/mol. The number of ether oxygens (including phenoxy) is 2. The van der Waals surface area contributed by atoms with Crippen molar-refractivity contribution in [3.05, 3.63) is 60.2 Å². The normalized spacial score (nSPS) is 20.6. The maximum absolute atomic E-state index is 13.0. The van der Waals surface area contributed by atoms with E-state index in [1.807, 2.05) is 30.3 Å². The zero-order chi connectivity index (χ0) is 25.3. The summed E-state index contributed by atoms with van der Waals surface area (Å²) < 4.78 is 36.7. The van der Waals surface area contributed by atoms with Crippen LogP contribution >= 0.6 is 0 Å². The van der Waals surface area contributed by atoms with Gasteiger partial charge in [-0.3, -0.25) is 14.4 Å². The van der Waals surface area contributed by atoms with Crippen LogP contribution in [0.4, 0.5) is 0 Å². The van der Waals surface area contributed by atoms with Gasteiger partial charge in [0.25, 0.3) is 0 Å². The fraction of sp³-hybridized carbons (Fsp3) is 0.375. The summed E-state index contributed by atoms with van der Waals surface area (Å²) in [6.07, 6.45) is -0.710. The van der Waals surface area contributed by atoms with Gasteiger partial charge < -0.3 is 14.6 Å². The summed E-state index contributed by atoms with van der Waals surface area (Å²) >= 11 is 0. The van der Waals surface area contributed by atoms with Crippen LogP contribution in [0.5, 0.6) is 0 Å². The Kier molecular flexibility index (Phi) is 7.13. The molecule has 3 rings (SSSR count). The number of hydrogen-bond donors (Lipinski definition) is 1. The zero-order valence-corrected chi connectivity index (χ0v) is 20.1. The van der Waals surface area contributed by atoms with Gasteiger partial charge in [-0.25, -0.2) is 8.42 Å². The highest BCUT2D eigenvalue weighted by Gasteiger charge is 2.63. The number of carboxylic acid groups (broad SMARTS) is 1. The molecule has 1 heterocycles. The van der Waals surface area contributed by atoms with E-state index in [0.717, 1.165) is 18.2 Å². The van der Waals surface area contributed by atoms with Gasteiger partial charge in [-0.1, -0.05) is 54.6 Å². The number of hydrogen-bond acceptors (Lipinski definition) is 7. The van der Waals surface area contributed by atoms with Gasteiger partial charge in [-0.2, -0.15) is 4.31 Å². The Hall–Kier alpha value is -3.24. The van der Waals surface area contributed by atoms with Gasteiger partial charge >= 0.3 is 17.9 Å². The van der Waals surface area contributed by atoms with Crippen LogP contribution in [0.3, 0.4) is 0 Å². The predicted molar refractivity (Wildman–Crippen MR) is 123 cm³/mol. The van der Waals surface area contributed by atoms with E-state index in [-0.39, 0.29) is 0 Å². The van der Waals surface area contributed by atoms with E-state index in [2.05, 4.69) is 4.74 Å². The highest BCUT2D eigenvalue weighted by Crippen LogP contribution is 2.45. The molecule has 182 valence electrons. The molecule has 0 amide bonds. The lowest BCUT2D eigenvalue weighted by atomic mass is 9.97. The van der Waals surface area contributed by atoms with E-state index >= 15 is 0 Å². The Labute approximate surface area is 198 Å². The van der Waals surface area contributed by atoms with E-state index in [1.165, 1.54) is 0 Å². The number of aliphatic carboxylic acids is 1. The van der Waals surface area contributed by atoms with Crippen LogP contribution in [-0.2, 0) is 33.9 Å². The lowest BCUT2D eigenvalue weighted by molar-refractivity contribution is -0.160. The van der Waals surface area contributed by atoms with Crippen molar-refractivity contribution in [2.45, 2.75) is 50.1 Å². The van der Waals surface area contributed by atoms with Crippen molar-refractivity contribution in [1.29, 1.82) is 0 Å². The molecule has 0 spiro atoms. The Balaban J connectivity index is 1.99. The molecule has 0 aromatic heterocycles. The largest absolute Gasteiger partial charge is 0.480 e. The first-order chi connectivity index (χ1) is 15.9. The second kappa shape index (κ2) is 9.55. The molecule has 0 aliphatic carbocycles. The van der Waals surface area contributed by atoms with E-state index in [0.29, 0.717) is 9.87 Å². The number of carbonyl (C=O) groups excluding carboxylic acids is 2. The molecule has 1 saturated heterocycles. The van der Waals surface area contributed by atoms with E-state index < -0.39 is 57.3 Å². The molecule has 3 atom stereocenters. The maximum Gasteiger partial charge on any atom is 0.327 e. The Morgan fingerprint density at radius 1 is 1.00 bits per heavy atom. The van der Waals surface area contributed by atoms with Gasteiger partial charge in [0.2, 0.25) is 10.0 Å². The molecular weight excluding hydrogens is 462 g/mol. The second-order valence-electron chi connectivity index (χ2n) is 8.90. The van der Waals surface area contributed by atoms with Crippen LogP contribution < -0.4 is 0 Å². The number of sulfonamides is 1. The molecule has 1 fully saturated rings. The average molecular weight is 490 g/mol. The van der Waals surface area contributed by atoms with Crippen LogP contribution in [-0.4, -0.2) is 59.7 Å². The predicted octanol–water partition coefficient (Wildman–Crippen LogP) is 2.77.